The summed E-state index contributed by atoms with van der Waals surface area (Å²) in [5.74, 6) is 0.813. The van der Waals surface area contributed by atoms with Gasteiger partial charge in [0.1, 0.15) is 11.3 Å². The highest BCUT2D eigenvalue weighted by atomic mass is 35.5. The van der Waals surface area contributed by atoms with E-state index in [0.717, 1.165) is 6.26 Å². The lowest BCUT2D eigenvalue weighted by Gasteiger charge is -2.26. The first-order valence-corrected chi connectivity index (χ1v) is 8.97. The molecule has 0 bridgehead atoms. The second-order valence-corrected chi connectivity index (χ2v) is 7.95. The molecule has 0 aliphatic heterocycles. The molecule has 1 N–H and O–H groups in total. The number of hydrogen-bond donors (Lipinski definition) is 1. The zero-order chi connectivity index (χ0) is 15.8. The van der Waals surface area contributed by atoms with Gasteiger partial charge in [-0.3, -0.25) is 0 Å². The second-order valence-electron chi connectivity index (χ2n) is 5.50. The monoisotopic (exact) mass is 350 g/mol. The van der Waals surface area contributed by atoms with Crippen LogP contribution in [0.5, 0.6) is 0 Å². The summed E-state index contributed by atoms with van der Waals surface area (Å²) in [6.45, 7) is 3.93. The molecule has 9 heteroatoms. The molecule has 0 spiro atoms. The molecule has 0 fully saturated rings. The third-order valence-corrected chi connectivity index (χ3v) is 4.13. The highest BCUT2D eigenvalue weighted by Crippen LogP contribution is 2.21. The molecule has 0 radical (unpaired) electrons. The maximum Gasteiger partial charge on any atom is 0.209 e. The van der Waals surface area contributed by atoms with Crippen molar-refractivity contribution in [2.45, 2.75) is 31.8 Å². The van der Waals surface area contributed by atoms with Crippen molar-refractivity contribution in [2.24, 2.45) is 0 Å². The highest BCUT2D eigenvalue weighted by Gasteiger charge is 2.25. The molecule has 0 atom stereocenters. The van der Waals surface area contributed by atoms with Crippen LogP contribution >= 0.6 is 23.2 Å². The summed E-state index contributed by atoms with van der Waals surface area (Å²) < 4.78 is 27.3. The van der Waals surface area contributed by atoms with Crippen LogP contribution in [0.1, 0.15) is 19.7 Å². The van der Waals surface area contributed by atoms with Crippen molar-refractivity contribution in [3.8, 4) is 0 Å². The Balaban J connectivity index is 2.46. The molecular formula is C12H16Cl2N4O2S. The first-order chi connectivity index (χ1) is 9.61. The molecular weight excluding hydrogens is 335 g/mol. The number of imidazole rings is 1. The van der Waals surface area contributed by atoms with E-state index in [1.54, 1.807) is 24.5 Å². The molecule has 2 aromatic heterocycles. The van der Waals surface area contributed by atoms with Crippen molar-refractivity contribution in [3.05, 3.63) is 23.1 Å². The Hall–Kier alpha value is -0.890. The number of hydrogen-bond acceptors (Lipinski definition) is 4. The van der Waals surface area contributed by atoms with Gasteiger partial charge in [-0.05, 0) is 19.9 Å². The van der Waals surface area contributed by atoms with Crippen molar-refractivity contribution in [2.75, 3.05) is 6.26 Å². The number of sulfonamides is 1. The lowest BCUT2D eigenvalue weighted by Crippen LogP contribution is -2.46. The van der Waals surface area contributed by atoms with E-state index in [0.29, 0.717) is 28.6 Å². The Labute approximate surface area is 133 Å². The molecule has 2 heterocycles. The number of alkyl halides is 1. The van der Waals surface area contributed by atoms with Gasteiger partial charge in [0.25, 0.3) is 0 Å². The molecule has 2 aromatic rings. The minimum Gasteiger partial charge on any atom is -0.310 e. The zero-order valence-corrected chi connectivity index (χ0v) is 14.2. The average molecular weight is 351 g/mol. The fourth-order valence-corrected chi connectivity index (χ4v) is 3.66. The average Bonchev–Trinajstić information content (AvgIpc) is 2.62. The van der Waals surface area contributed by atoms with Crippen molar-refractivity contribution in [1.29, 1.82) is 0 Å². The summed E-state index contributed by atoms with van der Waals surface area (Å²) >= 11 is 11.8. The third-order valence-electron chi connectivity index (χ3n) is 2.77. The van der Waals surface area contributed by atoms with Crippen LogP contribution < -0.4 is 4.72 Å². The highest BCUT2D eigenvalue weighted by molar-refractivity contribution is 7.88. The Bertz CT molecular complexity index is 771. The number of pyridine rings is 1. The van der Waals surface area contributed by atoms with Gasteiger partial charge in [-0.15, -0.1) is 11.6 Å². The van der Waals surface area contributed by atoms with Crippen LogP contribution in [0.4, 0.5) is 0 Å². The van der Waals surface area contributed by atoms with Gasteiger partial charge in [-0.2, -0.15) is 0 Å². The van der Waals surface area contributed by atoms with Crippen LogP contribution in [0.15, 0.2) is 12.3 Å². The summed E-state index contributed by atoms with van der Waals surface area (Å²) in [6, 6.07) is 1.70. The number of nitrogens with zero attached hydrogens (tertiary/aromatic N) is 3. The van der Waals surface area contributed by atoms with E-state index in [1.807, 2.05) is 0 Å². The molecule has 2 rings (SSSR count). The first kappa shape index (κ1) is 16.5. The van der Waals surface area contributed by atoms with E-state index in [4.69, 9.17) is 23.2 Å². The van der Waals surface area contributed by atoms with Gasteiger partial charge in [-0.25, -0.2) is 23.1 Å². The molecule has 0 aliphatic carbocycles. The van der Waals surface area contributed by atoms with Crippen LogP contribution in [0.2, 0.25) is 5.02 Å². The predicted molar refractivity (Wildman–Crippen MR) is 84.2 cm³/mol. The van der Waals surface area contributed by atoms with Crippen LogP contribution in [-0.2, 0) is 22.4 Å². The molecule has 0 saturated heterocycles. The van der Waals surface area contributed by atoms with Crippen LogP contribution in [0, 0.1) is 0 Å². The summed E-state index contributed by atoms with van der Waals surface area (Å²) in [4.78, 5) is 8.64. The lowest BCUT2D eigenvalue weighted by atomic mass is 10.1. The fraction of sp³-hybridized carbons (Fsp3) is 0.500. The number of aromatic nitrogens is 3. The van der Waals surface area contributed by atoms with Crippen molar-refractivity contribution < 1.29 is 8.42 Å². The van der Waals surface area contributed by atoms with E-state index in [-0.39, 0.29) is 5.88 Å². The SMILES string of the molecule is CC(C)(Cn1c(CCl)nc2cc(Cl)cnc21)NS(C)(=O)=O. The third kappa shape index (κ3) is 4.06. The second kappa shape index (κ2) is 5.72. The quantitative estimate of drug-likeness (QED) is 0.838. The predicted octanol–water partition coefficient (Wildman–Crippen LogP) is 2.15. The zero-order valence-electron chi connectivity index (χ0n) is 11.9. The molecule has 0 saturated carbocycles. The van der Waals surface area contributed by atoms with Crippen LogP contribution in [0.25, 0.3) is 11.2 Å². The smallest absolute Gasteiger partial charge is 0.209 e. The van der Waals surface area contributed by atoms with E-state index in [9.17, 15) is 8.42 Å². The van der Waals surface area contributed by atoms with Crippen molar-refractivity contribution in [1.82, 2.24) is 19.3 Å². The largest absolute Gasteiger partial charge is 0.310 e. The van der Waals surface area contributed by atoms with E-state index < -0.39 is 15.6 Å². The normalized spacial score (nSPS) is 13.0. The van der Waals surface area contributed by atoms with Crippen molar-refractivity contribution >= 4 is 44.4 Å². The summed E-state index contributed by atoms with van der Waals surface area (Å²) in [5, 5.41) is 0.488. The molecule has 6 nitrogen and oxygen atoms in total. The number of nitrogens with one attached hydrogen (secondary N) is 1. The standard InChI is InChI=1S/C12H16Cl2N4O2S/c1-12(2,17-21(3,19)20)7-18-10(5-13)16-9-4-8(14)6-15-11(9)18/h4,6,17H,5,7H2,1-3H3. The van der Waals surface area contributed by atoms with Gasteiger partial charge >= 0.3 is 0 Å². The topological polar surface area (TPSA) is 76.9 Å². The molecule has 21 heavy (non-hydrogen) atoms. The summed E-state index contributed by atoms with van der Waals surface area (Å²) in [7, 11) is -3.32. The fourth-order valence-electron chi connectivity index (χ4n) is 2.23. The molecule has 0 aliphatic rings. The number of halogens is 2. The summed E-state index contributed by atoms with van der Waals surface area (Å²) in [5.41, 5.74) is 0.551. The van der Waals surface area contributed by atoms with Gasteiger partial charge in [0, 0.05) is 18.3 Å². The number of rotatable bonds is 5. The van der Waals surface area contributed by atoms with Crippen LogP contribution in [-0.4, -0.2) is 34.7 Å². The Morgan fingerprint density at radius 3 is 2.67 bits per heavy atom. The molecule has 0 amide bonds. The molecule has 0 aromatic carbocycles. The maximum atomic E-state index is 11.4. The number of fused-ring (bicyclic) bond motifs is 1. The lowest BCUT2D eigenvalue weighted by molar-refractivity contribution is 0.391. The molecule has 116 valence electrons. The Morgan fingerprint density at radius 1 is 1.43 bits per heavy atom. The van der Waals surface area contributed by atoms with Gasteiger partial charge < -0.3 is 4.57 Å². The van der Waals surface area contributed by atoms with E-state index in [2.05, 4.69) is 14.7 Å². The Morgan fingerprint density at radius 2 is 2.10 bits per heavy atom. The summed E-state index contributed by atoms with van der Waals surface area (Å²) in [6.07, 6.45) is 2.65. The van der Waals surface area contributed by atoms with E-state index in [1.165, 1.54) is 6.20 Å². The van der Waals surface area contributed by atoms with Gasteiger partial charge in [0.2, 0.25) is 10.0 Å². The minimum absolute atomic E-state index is 0.197. The Kier molecular flexibility index (Phi) is 4.49. The van der Waals surface area contributed by atoms with Gasteiger partial charge in [0.05, 0.1) is 17.2 Å². The van der Waals surface area contributed by atoms with Crippen LogP contribution in [0.3, 0.4) is 0 Å². The van der Waals surface area contributed by atoms with Crippen molar-refractivity contribution in [3.63, 3.8) is 0 Å². The maximum absolute atomic E-state index is 11.4. The molecule has 0 unspecified atom stereocenters. The minimum atomic E-state index is -3.32. The van der Waals surface area contributed by atoms with Gasteiger partial charge in [0.15, 0.2) is 5.65 Å². The van der Waals surface area contributed by atoms with Gasteiger partial charge in [-0.1, -0.05) is 11.6 Å². The first-order valence-electron chi connectivity index (χ1n) is 6.17. The van der Waals surface area contributed by atoms with E-state index >= 15 is 0 Å².